The monoisotopic (exact) mass is 232 g/mol. The fourth-order valence-electron chi connectivity index (χ4n) is 0.991. The van der Waals surface area contributed by atoms with Crippen molar-refractivity contribution in [2.75, 3.05) is 6.26 Å². The van der Waals surface area contributed by atoms with Crippen molar-refractivity contribution >= 4 is 29.3 Å². The summed E-state index contributed by atoms with van der Waals surface area (Å²) >= 11 is 7.22. The lowest BCUT2D eigenvalue weighted by atomic mass is 10.1. The normalized spacial score (nSPS) is 12.5. The van der Waals surface area contributed by atoms with E-state index in [-0.39, 0.29) is 10.6 Å². The molecule has 0 radical (unpaired) electrons. The molecule has 1 unspecified atom stereocenters. The fourth-order valence-corrected chi connectivity index (χ4v) is 1.66. The second-order valence-corrected chi connectivity index (χ2v) is 3.92. The van der Waals surface area contributed by atoms with Gasteiger partial charge >= 0.3 is 5.97 Å². The minimum atomic E-state index is -1.56. The number of aliphatic carboxylic acids is 1. The number of rotatable bonds is 3. The molecule has 0 aliphatic carbocycles. The summed E-state index contributed by atoms with van der Waals surface area (Å²) in [4.78, 5) is 11.4. The van der Waals surface area contributed by atoms with E-state index >= 15 is 0 Å². The molecule has 3 nitrogen and oxygen atoms in total. The number of hydrogen-bond donors (Lipinski definition) is 2. The fraction of sp³-hybridized carbons (Fsp3) is 0.222. The number of benzene rings is 1. The molecule has 0 bridgehead atoms. The first-order valence-corrected chi connectivity index (χ1v) is 5.41. The van der Waals surface area contributed by atoms with Gasteiger partial charge in [-0.2, -0.15) is 0 Å². The Balaban J connectivity index is 3.11. The van der Waals surface area contributed by atoms with Crippen molar-refractivity contribution in [1.29, 1.82) is 0 Å². The summed E-state index contributed by atoms with van der Waals surface area (Å²) in [5, 5.41) is 18.2. The van der Waals surface area contributed by atoms with Gasteiger partial charge in [0.15, 0.2) is 6.10 Å². The molecule has 0 aliphatic heterocycles. The lowest BCUT2D eigenvalue weighted by Gasteiger charge is -2.09. The third-order valence-electron chi connectivity index (χ3n) is 1.73. The molecule has 0 spiro atoms. The van der Waals surface area contributed by atoms with Crippen LogP contribution in [0.4, 0.5) is 0 Å². The molecule has 1 atom stereocenters. The van der Waals surface area contributed by atoms with E-state index in [1.807, 2.05) is 6.26 Å². The maximum Gasteiger partial charge on any atom is 0.337 e. The Hall–Kier alpha value is -0.710. The number of carbonyl (C=O) groups is 1. The molecule has 1 aromatic carbocycles. The van der Waals surface area contributed by atoms with Crippen LogP contribution in [0.2, 0.25) is 5.02 Å². The van der Waals surface area contributed by atoms with Gasteiger partial charge in [0.2, 0.25) is 0 Å². The van der Waals surface area contributed by atoms with Gasteiger partial charge in [-0.3, -0.25) is 0 Å². The zero-order valence-electron chi connectivity index (χ0n) is 7.40. The summed E-state index contributed by atoms with van der Waals surface area (Å²) < 4.78 is 0. The van der Waals surface area contributed by atoms with Crippen LogP contribution in [0, 0.1) is 0 Å². The minimum absolute atomic E-state index is 0.228. The van der Waals surface area contributed by atoms with Crippen molar-refractivity contribution in [2.24, 2.45) is 0 Å². The molecule has 76 valence electrons. The Bertz CT molecular complexity index is 354. The highest BCUT2D eigenvalue weighted by atomic mass is 35.5. The smallest absolute Gasteiger partial charge is 0.337 e. The second kappa shape index (κ2) is 4.68. The molecule has 1 rings (SSSR count). The number of aliphatic hydroxyl groups excluding tert-OH is 1. The number of halogens is 1. The first kappa shape index (κ1) is 11.4. The molecule has 0 saturated heterocycles. The van der Waals surface area contributed by atoms with Crippen molar-refractivity contribution in [2.45, 2.75) is 11.0 Å². The number of carboxylic acid groups (broad SMARTS) is 1. The highest BCUT2D eigenvalue weighted by molar-refractivity contribution is 7.98. The predicted molar refractivity (Wildman–Crippen MR) is 55.8 cm³/mol. The van der Waals surface area contributed by atoms with E-state index in [9.17, 15) is 9.90 Å². The Morgan fingerprint density at radius 2 is 2.21 bits per heavy atom. The molecule has 0 heterocycles. The molecule has 5 heteroatoms. The van der Waals surface area contributed by atoms with E-state index in [2.05, 4.69) is 0 Å². The van der Waals surface area contributed by atoms with Crippen molar-refractivity contribution in [3.8, 4) is 0 Å². The van der Waals surface area contributed by atoms with Gasteiger partial charge in [-0.25, -0.2) is 4.79 Å². The Labute approximate surface area is 90.7 Å². The molecular formula is C9H9ClO3S. The van der Waals surface area contributed by atoms with E-state index in [4.69, 9.17) is 16.7 Å². The summed E-state index contributed by atoms with van der Waals surface area (Å²) in [7, 11) is 0. The van der Waals surface area contributed by atoms with E-state index in [0.717, 1.165) is 4.90 Å². The van der Waals surface area contributed by atoms with E-state index in [1.54, 1.807) is 18.2 Å². The van der Waals surface area contributed by atoms with Crippen molar-refractivity contribution < 1.29 is 15.0 Å². The van der Waals surface area contributed by atoms with E-state index in [1.165, 1.54) is 11.8 Å². The zero-order valence-corrected chi connectivity index (χ0v) is 8.97. The van der Waals surface area contributed by atoms with Crippen LogP contribution in [0.1, 0.15) is 11.7 Å². The molecule has 1 aromatic rings. The topological polar surface area (TPSA) is 57.5 Å². The average Bonchev–Trinajstić information content (AvgIpc) is 2.17. The summed E-state index contributed by atoms with van der Waals surface area (Å²) in [5.41, 5.74) is 0.228. The minimum Gasteiger partial charge on any atom is -0.479 e. The van der Waals surface area contributed by atoms with Gasteiger partial charge in [0, 0.05) is 15.5 Å². The highest BCUT2D eigenvalue weighted by Crippen LogP contribution is 2.27. The van der Waals surface area contributed by atoms with Gasteiger partial charge in [0.05, 0.1) is 0 Å². The number of aliphatic hydroxyl groups is 1. The molecule has 0 aromatic heterocycles. The molecular weight excluding hydrogens is 224 g/mol. The van der Waals surface area contributed by atoms with Crippen LogP contribution < -0.4 is 0 Å². The lowest BCUT2D eigenvalue weighted by Crippen LogP contribution is -2.10. The Kier molecular flexibility index (Phi) is 3.80. The first-order valence-electron chi connectivity index (χ1n) is 3.80. The van der Waals surface area contributed by atoms with Crippen molar-refractivity contribution in [3.05, 3.63) is 28.8 Å². The molecule has 0 saturated carbocycles. The van der Waals surface area contributed by atoms with Crippen LogP contribution in [0.3, 0.4) is 0 Å². The standard InChI is InChI=1S/C9H9ClO3S/c1-14-5-2-3-7(10)6(4-5)8(11)9(12)13/h2-4,8,11H,1H3,(H,12,13). The van der Waals surface area contributed by atoms with Crippen molar-refractivity contribution in [3.63, 3.8) is 0 Å². The average molecular weight is 233 g/mol. The molecule has 14 heavy (non-hydrogen) atoms. The maximum atomic E-state index is 10.5. The highest BCUT2D eigenvalue weighted by Gasteiger charge is 2.19. The number of carboxylic acids is 1. The molecule has 2 N–H and O–H groups in total. The van der Waals surface area contributed by atoms with Crippen LogP contribution >= 0.6 is 23.4 Å². The molecule has 0 fully saturated rings. The lowest BCUT2D eigenvalue weighted by molar-refractivity contribution is -0.146. The van der Waals surface area contributed by atoms with Gasteiger partial charge in [0.25, 0.3) is 0 Å². The predicted octanol–water partition coefficient (Wildman–Crippen LogP) is 2.18. The van der Waals surface area contributed by atoms with Crippen molar-refractivity contribution in [1.82, 2.24) is 0 Å². The Morgan fingerprint density at radius 3 is 2.71 bits per heavy atom. The van der Waals surface area contributed by atoms with E-state index in [0.29, 0.717) is 0 Å². The van der Waals surface area contributed by atoms with E-state index < -0.39 is 12.1 Å². The zero-order chi connectivity index (χ0) is 10.7. The van der Waals surface area contributed by atoms with Crippen LogP contribution in [0.15, 0.2) is 23.1 Å². The number of hydrogen-bond acceptors (Lipinski definition) is 3. The number of thioether (sulfide) groups is 1. The van der Waals surface area contributed by atoms with Gasteiger partial charge in [-0.05, 0) is 24.5 Å². The quantitative estimate of drug-likeness (QED) is 0.785. The van der Waals surface area contributed by atoms with Crippen LogP contribution in [-0.2, 0) is 4.79 Å². The Morgan fingerprint density at radius 1 is 1.57 bits per heavy atom. The third-order valence-corrected chi connectivity index (χ3v) is 2.80. The van der Waals surface area contributed by atoms with Crippen LogP contribution in [0.5, 0.6) is 0 Å². The molecule has 0 aliphatic rings. The SMILES string of the molecule is CSc1ccc(Cl)c(C(O)C(=O)O)c1. The third kappa shape index (κ3) is 2.41. The van der Waals surface area contributed by atoms with Gasteiger partial charge in [-0.15, -0.1) is 11.8 Å². The molecule has 0 amide bonds. The van der Waals surface area contributed by atoms with Gasteiger partial charge < -0.3 is 10.2 Å². The maximum absolute atomic E-state index is 10.5. The summed E-state index contributed by atoms with van der Waals surface area (Å²) in [6.45, 7) is 0. The van der Waals surface area contributed by atoms with Crippen LogP contribution in [-0.4, -0.2) is 22.4 Å². The summed E-state index contributed by atoms with van der Waals surface area (Å²) in [6.07, 6.45) is 0.301. The van der Waals surface area contributed by atoms with Crippen LogP contribution in [0.25, 0.3) is 0 Å². The largest absolute Gasteiger partial charge is 0.479 e. The van der Waals surface area contributed by atoms with Gasteiger partial charge in [0.1, 0.15) is 0 Å². The van der Waals surface area contributed by atoms with Gasteiger partial charge in [-0.1, -0.05) is 11.6 Å². The summed E-state index contributed by atoms with van der Waals surface area (Å²) in [6, 6.07) is 4.92. The second-order valence-electron chi connectivity index (χ2n) is 2.63. The summed E-state index contributed by atoms with van der Waals surface area (Å²) in [5.74, 6) is -1.30. The first-order chi connectivity index (χ1) is 6.56.